The molecule has 0 radical (unpaired) electrons. The van der Waals surface area contributed by atoms with Crippen molar-refractivity contribution in [2.45, 2.75) is 43.6 Å². The average Bonchev–Trinajstić information content (AvgIpc) is 2.41. The first-order valence-corrected chi connectivity index (χ1v) is 4.68. The lowest BCUT2D eigenvalue weighted by molar-refractivity contribution is 0.0645. The molecule has 1 fully saturated rings. The van der Waals surface area contributed by atoms with Gasteiger partial charge in [0.15, 0.2) is 0 Å². The third kappa shape index (κ3) is 2.00. The van der Waals surface area contributed by atoms with E-state index in [1.165, 1.54) is 0 Å². The van der Waals surface area contributed by atoms with Crippen molar-refractivity contribution in [3.63, 3.8) is 0 Å². The molecule has 0 saturated heterocycles. The summed E-state index contributed by atoms with van der Waals surface area (Å²) >= 11 is 0. The van der Waals surface area contributed by atoms with Crippen LogP contribution in [0.1, 0.15) is 19.8 Å². The molecule has 1 aliphatic rings. The van der Waals surface area contributed by atoms with Gasteiger partial charge in [0.2, 0.25) is 0 Å². The zero-order chi connectivity index (χ0) is 10.1. The second-order valence-electron chi connectivity index (χ2n) is 3.89. The molecular weight excluding hydrogens is 171 g/mol. The minimum Gasteiger partial charge on any atom is -0.380 e. The molecule has 13 heavy (non-hydrogen) atoms. The quantitative estimate of drug-likeness (QED) is 0.679. The Hall–Kier alpha value is -0.190. The minimum absolute atomic E-state index is 0.138. The topological polar surface area (TPSA) is 47.3 Å². The summed E-state index contributed by atoms with van der Waals surface area (Å²) in [6, 6.07) is -0.343. The van der Waals surface area contributed by atoms with Crippen molar-refractivity contribution in [1.29, 1.82) is 0 Å². The zero-order valence-corrected chi connectivity index (χ0v) is 8.51. The van der Waals surface area contributed by atoms with Crippen LogP contribution in [0.2, 0.25) is 0 Å². The Bertz CT molecular complexity index is 177. The summed E-state index contributed by atoms with van der Waals surface area (Å²) in [6.45, 7) is 1.84. The molecule has 0 heterocycles. The molecule has 0 amide bonds. The number of methoxy groups -OCH3 is 1. The van der Waals surface area contributed by atoms with Crippen LogP contribution in [-0.2, 0) is 4.74 Å². The van der Waals surface area contributed by atoms with E-state index in [2.05, 4.69) is 5.32 Å². The molecule has 0 aromatic heterocycles. The van der Waals surface area contributed by atoms with Gasteiger partial charge in [0.1, 0.15) is 5.67 Å². The molecule has 0 aliphatic heterocycles. The van der Waals surface area contributed by atoms with Gasteiger partial charge in [0, 0.05) is 32.0 Å². The van der Waals surface area contributed by atoms with E-state index in [9.17, 15) is 4.39 Å². The maximum Gasteiger partial charge on any atom is 0.130 e. The van der Waals surface area contributed by atoms with Crippen LogP contribution < -0.4 is 11.1 Å². The van der Waals surface area contributed by atoms with Crippen molar-refractivity contribution in [2.24, 2.45) is 5.73 Å². The van der Waals surface area contributed by atoms with Crippen molar-refractivity contribution in [3.05, 3.63) is 0 Å². The second-order valence-corrected chi connectivity index (χ2v) is 3.89. The van der Waals surface area contributed by atoms with Crippen LogP contribution in [-0.4, -0.2) is 38.0 Å². The van der Waals surface area contributed by atoms with Crippen LogP contribution in [0, 0.1) is 0 Å². The second kappa shape index (κ2) is 3.90. The fraction of sp³-hybridized carbons (Fsp3) is 1.00. The van der Waals surface area contributed by atoms with E-state index in [1.807, 2.05) is 6.92 Å². The third-order valence-electron chi connectivity index (χ3n) is 3.10. The monoisotopic (exact) mass is 190 g/mol. The highest BCUT2D eigenvalue weighted by molar-refractivity contribution is 5.02. The lowest BCUT2D eigenvalue weighted by Crippen LogP contribution is -2.43. The van der Waals surface area contributed by atoms with Gasteiger partial charge in [0.05, 0.1) is 6.10 Å². The number of hydrogen-bond acceptors (Lipinski definition) is 3. The molecular formula is C9H19FN2O. The number of ether oxygens (including phenoxy) is 1. The Morgan fingerprint density at radius 3 is 2.62 bits per heavy atom. The maximum atomic E-state index is 14.2. The van der Waals surface area contributed by atoms with Crippen LogP contribution in [0.15, 0.2) is 0 Å². The predicted molar refractivity (Wildman–Crippen MR) is 50.4 cm³/mol. The van der Waals surface area contributed by atoms with Gasteiger partial charge in [-0.25, -0.2) is 4.39 Å². The Labute approximate surface area is 78.8 Å². The zero-order valence-electron chi connectivity index (χ0n) is 8.51. The Morgan fingerprint density at radius 1 is 1.62 bits per heavy atom. The number of nitrogens with one attached hydrogen (secondary N) is 1. The molecule has 3 nitrogen and oxygen atoms in total. The highest BCUT2D eigenvalue weighted by Crippen LogP contribution is 2.37. The first-order chi connectivity index (χ1) is 6.03. The molecule has 0 aromatic rings. The molecule has 4 heteroatoms. The number of alkyl halides is 1. The summed E-state index contributed by atoms with van der Waals surface area (Å²) in [5.41, 5.74) is 4.55. The minimum atomic E-state index is -1.21. The number of nitrogens with two attached hydrogens (primary N) is 1. The van der Waals surface area contributed by atoms with Gasteiger partial charge in [-0.15, -0.1) is 0 Å². The van der Waals surface area contributed by atoms with Gasteiger partial charge < -0.3 is 15.8 Å². The standard InChI is InChI=1S/C9H19FN2O/c1-6(12-2)9(10)4-7(11)8(5-9)13-3/h6-8,12H,4-5,11H2,1-3H3. The normalized spacial score (nSPS) is 42.2. The summed E-state index contributed by atoms with van der Waals surface area (Å²) in [5.74, 6) is 0. The molecule has 0 aromatic carbocycles. The van der Waals surface area contributed by atoms with E-state index in [1.54, 1.807) is 14.2 Å². The van der Waals surface area contributed by atoms with Crippen molar-refractivity contribution in [2.75, 3.05) is 14.2 Å². The van der Waals surface area contributed by atoms with Gasteiger partial charge >= 0.3 is 0 Å². The van der Waals surface area contributed by atoms with Gasteiger partial charge in [-0.2, -0.15) is 0 Å². The molecule has 3 N–H and O–H groups in total. The molecule has 0 spiro atoms. The van der Waals surface area contributed by atoms with Gasteiger partial charge in [-0.3, -0.25) is 0 Å². The predicted octanol–water partition coefficient (Wildman–Crippen LogP) is 0.439. The van der Waals surface area contributed by atoms with E-state index in [4.69, 9.17) is 10.5 Å². The Morgan fingerprint density at radius 2 is 2.23 bits per heavy atom. The molecule has 1 saturated carbocycles. The average molecular weight is 190 g/mol. The lowest BCUT2D eigenvalue weighted by atomic mass is 9.95. The number of hydrogen-bond donors (Lipinski definition) is 2. The van der Waals surface area contributed by atoms with Crippen molar-refractivity contribution in [3.8, 4) is 0 Å². The maximum absolute atomic E-state index is 14.2. The Kier molecular flexibility index (Phi) is 3.27. The molecule has 4 unspecified atom stereocenters. The molecule has 1 rings (SSSR count). The van der Waals surface area contributed by atoms with Crippen LogP contribution in [0.5, 0.6) is 0 Å². The molecule has 78 valence electrons. The van der Waals surface area contributed by atoms with Crippen molar-refractivity contribution < 1.29 is 9.13 Å². The van der Waals surface area contributed by atoms with Crippen LogP contribution in [0.4, 0.5) is 4.39 Å². The SMILES string of the molecule is CNC(C)C1(F)CC(N)C(OC)C1. The van der Waals surface area contributed by atoms with Gasteiger partial charge in [-0.1, -0.05) is 0 Å². The third-order valence-corrected chi connectivity index (χ3v) is 3.10. The van der Waals surface area contributed by atoms with Crippen molar-refractivity contribution >= 4 is 0 Å². The van der Waals surface area contributed by atoms with E-state index >= 15 is 0 Å². The lowest BCUT2D eigenvalue weighted by Gasteiger charge is -2.26. The van der Waals surface area contributed by atoms with Gasteiger partial charge in [0.25, 0.3) is 0 Å². The fourth-order valence-electron chi connectivity index (χ4n) is 1.96. The van der Waals surface area contributed by atoms with Crippen LogP contribution in [0.3, 0.4) is 0 Å². The summed E-state index contributed by atoms with van der Waals surface area (Å²) in [7, 11) is 3.35. The first kappa shape index (κ1) is 10.9. The number of halogens is 1. The largest absolute Gasteiger partial charge is 0.380 e. The molecule has 4 atom stereocenters. The van der Waals surface area contributed by atoms with E-state index in [0.29, 0.717) is 12.8 Å². The summed E-state index contributed by atoms with van der Waals surface area (Å²) in [5, 5.41) is 2.93. The molecule has 1 aliphatic carbocycles. The van der Waals surface area contributed by atoms with E-state index in [-0.39, 0.29) is 18.2 Å². The van der Waals surface area contributed by atoms with Crippen LogP contribution >= 0.6 is 0 Å². The summed E-state index contributed by atoms with van der Waals surface area (Å²) in [6.07, 6.45) is 0.640. The van der Waals surface area contributed by atoms with Crippen LogP contribution in [0.25, 0.3) is 0 Å². The highest BCUT2D eigenvalue weighted by Gasteiger charge is 2.47. The number of rotatable bonds is 3. The summed E-state index contributed by atoms with van der Waals surface area (Å²) in [4.78, 5) is 0. The smallest absolute Gasteiger partial charge is 0.130 e. The first-order valence-electron chi connectivity index (χ1n) is 4.68. The van der Waals surface area contributed by atoms with Gasteiger partial charge in [-0.05, 0) is 14.0 Å². The fourth-order valence-corrected chi connectivity index (χ4v) is 1.96. The Balaban J connectivity index is 2.64. The van der Waals surface area contributed by atoms with E-state index in [0.717, 1.165) is 0 Å². The van der Waals surface area contributed by atoms with E-state index < -0.39 is 5.67 Å². The molecule has 0 bridgehead atoms. The summed E-state index contributed by atoms with van der Waals surface area (Å²) < 4.78 is 19.3. The van der Waals surface area contributed by atoms with Crippen molar-refractivity contribution in [1.82, 2.24) is 5.32 Å². The highest BCUT2D eigenvalue weighted by atomic mass is 19.1.